The standard InChI is InChI=1S/C22H16N2O4/c1-28-20-11-8-14-4-2-3-5-18(14)19(20)12-16(13-23)21(25)24-17-9-6-15(7-10-17)22(26)27/h2-12H,1H3,(H,24,25)(H,26,27)/b16-12+. The summed E-state index contributed by atoms with van der Waals surface area (Å²) in [6, 6.07) is 18.9. The molecule has 0 aromatic heterocycles. The monoisotopic (exact) mass is 372 g/mol. The van der Waals surface area contributed by atoms with Crippen LogP contribution in [0.5, 0.6) is 5.75 Å². The summed E-state index contributed by atoms with van der Waals surface area (Å²) in [7, 11) is 1.53. The lowest BCUT2D eigenvalue weighted by Gasteiger charge is -2.10. The summed E-state index contributed by atoms with van der Waals surface area (Å²) in [6.07, 6.45) is 1.49. The number of nitrogens with one attached hydrogen (secondary N) is 1. The second-order valence-corrected chi connectivity index (χ2v) is 5.91. The first kappa shape index (κ1) is 18.7. The van der Waals surface area contributed by atoms with E-state index in [4.69, 9.17) is 9.84 Å². The Kier molecular flexibility index (Phi) is 5.38. The molecule has 0 radical (unpaired) electrons. The van der Waals surface area contributed by atoms with Crippen molar-refractivity contribution in [2.24, 2.45) is 0 Å². The number of ether oxygens (including phenoxy) is 1. The van der Waals surface area contributed by atoms with Crippen LogP contribution < -0.4 is 10.1 Å². The molecule has 2 N–H and O–H groups in total. The van der Waals surface area contributed by atoms with Crippen molar-refractivity contribution in [2.45, 2.75) is 0 Å². The quantitative estimate of drug-likeness (QED) is 0.519. The molecule has 28 heavy (non-hydrogen) atoms. The Hall–Kier alpha value is -4.11. The molecule has 0 unspecified atom stereocenters. The van der Waals surface area contributed by atoms with Gasteiger partial charge in [-0.3, -0.25) is 4.79 Å². The third kappa shape index (κ3) is 3.84. The maximum atomic E-state index is 12.5. The number of amides is 1. The minimum atomic E-state index is -1.06. The van der Waals surface area contributed by atoms with Gasteiger partial charge in [0, 0.05) is 11.3 Å². The number of methoxy groups -OCH3 is 1. The van der Waals surface area contributed by atoms with Gasteiger partial charge in [0.05, 0.1) is 12.7 Å². The Labute approximate surface area is 161 Å². The van der Waals surface area contributed by atoms with Crippen LogP contribution in [0.2, 0.25) is 0 Å². The molecule has 6 nitrogen and oxygen atoms in total. The first-order chi connectivity index (χ1) is 13.5. The molecule has 0 aliphatic carbocycles. The zero-order chi connectivity index (χ0) is 20.1. The Balaban J connectivity index is 1.96. The van der Waals surface area contributed by atoms with Gasteiger partial charge in [-0.15, -0.1) is 0 Å². The first-order valence-electron chi connectivity index (χ1n) is 8.35. The van der Waals surface area contributed by atoms with E-state index in [-0.39, 0.29) is 11.1 Å². The number of aromatic carboxylic acids is 1. The number of anilines is 1. The second kappa shape index (κ2) is 8.06. The van der Waals surface area contributed by atoms with Crippen LogP contribution in [-0.2, 0) is 4.79 Å². The van der Waals surface area contributed by atoms with Crippen molar-refractivity contribution >= 4 is 34.4 Å². The molecule has 0 spiro atoms. The maximum Gasteiger partial charge on any atom is 0.335 e. The summed E-state index contributed by atoms with van der Waals surface area (Å²) in [6.45, 7) is 0. The van der Waals surface area contributed by atoms with E-state index in [1.807, 2.05) is 36.4 Å². The largest absolute Gasteiger partial charge is 0.496 e. The summed E-state index contributed by atoms with van der Waals surface area (Å²) >= 11 is 0. The number of fused-ring (bicyclic) bond motifs is 1. The smallest absolute Gasteiger partial charge is 0.335 e. The van der Waals surface area contributed by atoms with Crippen molar-refractivity contribution in [1.29, 1.82) is 5.26 Å². The molecule has 3 rings (SSSR count). The predicted molar refractivity (Wildman–Crippen MR) is 106 cm³/mol. The average Bonchev–Trinajstić information content (AvgIpc) is 2.72. The lowest BCUT2D eigenvalue weighted by molar-refractivity contribution is -0.112. The van der Waals surface area contributed by atoms with Crippen LogP contribution in [0.25, 0.3) is 16.8 Å². The summed E-state index contributed by atoms with van der Waals surface area (Å²) in [5.41, 5.74) is 1.03. The van der Waals surface area contributed by atoms with Crippen molar-refractivity contribution in [3.63, 3.8) is 0 Å². The number of carboxylic acids is 1. The van der Waals surface area contributed by atoms with Crippen LogP contribution in [-0.4, -0.2) is 24.1 Å². The molecule has 6 heteroatoms. The van der Waals surface area contributed by atoms with Crippen LogP contribution in [0.4, 0.5) is 5.69 Å². The van der Waals surface area contributed by atoms with Gasteiger partial charge < -0.3 is 15.2 Å². The fourth-order valence-corrected chi connectivity index (χ4v) is 2.79. The van der Waals surface area contributed by atoms with Gasteiger partial charge >= 0.3 is 5.97 Å². The van der Waals surface area contributed by atoms with Crippen molar-refractivity contribution in [1.82, 2.24) is 0 Å². The summed E-state index contributed by atoms with van der Waals surface area (Å²) in [5.74, 6) is -1.11. The number of nitriles is 1. The Morgan fingerprint density at radius 1 is 1.07 bits per heavy atom. The third-order valence-electron chi connectivity index (χ3n) is 4.19. The summed E-state index contributed by atoms with van der Waals surface area (Å²) in [4.78, 5) is 23.5. The number of hydrogen-bond acceptors (Lipinski definition) is 4. The first-order valence-corrected chi connectivity index (χ1v) is 8.35. The van der Waals surface area contributed by atoms with E-state index in [0.29, 0.717) is 17.0 Å². The predicted octanol–water partition coefficient (Wildman–Crippen LogP) is 4.09. The van der Waals surface area contributed by atoms with Gasteiger partial charge in [-0.2, -0.15) is 5.26 Å². The lowest BCUT2D eigenvalue weighted by atomic mass is 10.0. The lowest BCUT2D eigenvalue weighted by Crippen LogP contribution is -2.13. The topological polar surface area (TPSA) is 99.4 Å². The normalized spacial score (nSPS) is 10.9. The van der Waals surface area contributed by atoms with E-state index in [9.17, 15) is 14.9 Å². The van der Waals surface area contributed by atoms with E-state index in [0.717, 1.165) is 10.8 Å². The van der Waals surface area contributed by atoms with E-state index in [1.165, 1.54) is 37.5 Å². The third-order valence-corrected chi connectivity index (χ3v) is 4.19. The molecule has 138 valence electrons. The molecule has 0 heterocycles. The molecule has 0 bridgehead atoms. The number of carboxylic acid groups (broad SMARTS) is 1. The Morgan fingerprint density at radius 2 is 1.79 bits per heavy atom. The van der Waals surface area contributed by atoms with E-state index >= 15 is 0 Å². The van der Waals surface area contributed by atoms with Gasteiger partial charge in [0.2, 0.25) is 0 Å². The molecule has 0 saturated carbocycles. The minimum Gasteiger partial charge on any atom is -0.496 e. The van der Waals surface area contributed by atoms with Gasteiger partial charge in [-0.05, 0) is 47.2 Å². The number of nitrogens with zero attached hydrogens (tertiary/aromatic N) is 1. The highest BCUT2D eigenvalue weighted by Crippen LogP contribution is 2.30. The molecule has 0 atom stereocenters. The molecular formula is C22H16N2O4. The maximum absolute atomic E-state index is 12.5. The second-order valence-electron chi connectivity index (χ2n) is 5.91. The number of rotatable bonds is 5. The minimum absolute atomic E-state index is 0.100. The van der Waals surface area contributed by atoms with Gasteiger partial charge in [0.1, 0.15) is 17.4 Å². The SMILES string of the molecule is COc1ccc2ccccc2c1/C=C(\C#N)C(=O)Nc1ccc(C(=O)O)cc1. The fraction of sp³-hybridized carbons (Fsp3) is 0.0455. The molecular weight excluding hydrogens is 356 g/mol. The van der Waals surface area contributed by atoms with Crippen LogP contribution in [0.15, 0.2) is 66.2 Å². The molecule has 0 saturated heterocycles. The number of carbonyl (C=O) groups excluding carboxylic acids is 1. The zero-order valence-electron chi connectivity index (χ0n) is 15.0. The van der Waals surface area contributed by atoms with Crippen LogP contribution in [0.1, 0.15) is 15.9 Å². The highest BCUT2D eigenvalue weighted by Gasteiger charge is 2.13. The van der Waals surface area contributed by atoms with Crippen LogP contribution in [0.3, 0.4) is 0 Å². The van der Waals surface area contributed by atoms with Crippen molar-refractivity contribution < 1.29 is 19.4 Å². The van der Waals surface area contributed by atoms with Crippen LogP contribution >= 0.6 is 0 Å². The van der Waals surface area contributed by atoms with Crippen molar-refractivity contribution in [3.05, 3.63) is 77.4 Å². The molecule has 1 amide bonds. The van der Waals surface area contributed by atoms with Gasteiger partial charge in [-0.25, -0.2) is 4.79 Å². The Morgan fingerprint density at radius 3 is 2.43 bits per heavy atom. The van der Waals surface area contributed by atoms with E-state index in [1.54, 1.807) is 6.07 Å². The molecule has 3 aromatic carbocycles. The Bertz CT molecular complexity index is 1130. The summed E-state index contributed by atoms with van der Waals surface area (Å²) in [5, 5.41) is 22.8. The van der Waals surface area contributed by atoms with Gasteiger partial charge in [0.25, 0.3) is 5.91 Å². The van der Waals surface area contributed by atoms with E-state index < -0.39 is 11.9 Å². The fourth-order valence-electron chi connectivity index (χ4n) is 2.79. The van der Waals surface area contributed by atoms with Crippen LogP contribution in [0, 0.1) is 11.3 Å². The number of benzene rings is 3. The highest BCUT2D eigenvalue weighted by atomic mass is 16.5. The molecule has 0 fully saturated rings. The summed E-state index contributed by atoms with van der Waals surface area (Å²) < 4.78 is 5.39. The molecule has 3 aromatic rings. The van der Waals surface area contributed by atoms with Crippen molar-refractivity contribution in [2.75, 3.05) is 12.4 Å². The molecule has 0 aliphatic rings. The van der Waals surface area contributed by atoms with Crippen molar-refractivity contribution in [3.8, 4) is 11.8 Å². The number of hydrogen-bond donors (Lipinski definition) is 2. The zero-order valence-corrected chi connectivity index (χ0v) is 15.0. The number of carbonyl (C=O) groups is 2. The van der Waals surface area contributed by atoms with Gasteiger partial charge in [0.15, 0.2) is 0 Å². The average molecular weight is 372 g/mol. The molecule has 0 aliphatic heterocycles. The highest BCUT2D eigenvalue weighted by molar-refractivity contribution is 6.11. The van der Waals surface area contributed by atoms with Gasteiger partial charge in [-0.1, -0.05) is 30.3 Å². The van der Waals surface area contributed by atoms with E-state index in [2.05, 4.69) is 5.32 Å².